The zero-order valence-electron chi connectivity index (χ0n) is 18.0. The van der Waals surface area contributed by atoms with Crippen molar-refractivity contribution in [1.82, 2.24) is 15.6 Å². The van der Waals surface area contributed by atoms with Crippen LogP contribution in [0.1, 0.15) is 31.9 Å². The third-order valence-electron chi connectivity index (χ3n) is 5.06. The summed E-state index contributed by atoms with van der Waals surface area (Å²) in [5.74, 6) is -0.680. The number of benzene rings is 2. The molecule has 10 heteroatoms. The van der Waals surface area contributed by atoms with E-state index in [4.69, 9.17) is 5.26 Å². The van der Waals surface area contributed by atoms with Crippen LogP contribution in [-0.4, -0.2) is 29.7 Å². The van der Waals surface area contributed by atoms with Crippen molar-refractivity contribution in [2.24, 2.45) is 5.92 Å². The van der Waals surface area contributed by atoms with Crippen LogP contribution >= 0.6 is 11.3 Å². The largest absolute Gasteiger partial charge is 0.407 e. The fraction of sp³-hybridized carbons (Fsp3) is 0.348. The van der Waals surface area contributed by atoms with Crippen molar-refractivity contribution >= 4 is 27.5 Å². The molecule has 3 N–H and O–H groups in total. The van der Waals surface area contributed by atoms with E-state index in [1.807, 2.05) is 19.9 Å². The van der Waals surface area contributed by atoms with Crippen LogP contribution in [0.2, 0.25) is 0 Å². The number of amides is 1. The molecule has 0 fully saturated rings. The molecule has 1 amide bonds. The first kappa shape index (κ1) is 24.5. The summed E-state index contributed by atoms with van der Waals surface area (Å²) >= 11 is 1.06. The first-order chi connectivity index (χ1) is 15.6. The van der Waals surface area contributed by atoms with E-state index in [0.717, 1.165) is 21.6 Å². The van der Waals surface area contributed by atoms with E-state index < -0.39 is 24.2 Å². The van der Waals surface area contributed by atoms with E-state index in [9.17, 15) is 22.8 Å². The zero-order valence-corrected chi connectivity index (χ0v) is 18.8. The minimum Gasteiger partial charge on any atom is -0.342 e. The number of nitriles is 1. The molecule has 1 heterocycles. The van der Waals surface area contributed by atoms with E-state index in [-0.39, 0.29) is 29.3 Å². The van der Waals surface area contributed by atoms with E-state index >= 15 is 0 Å². The summed E-state index contributed by atoms with van der Waals surface area (Å²) < 4.78 is 42.6. The number of H-pyrrole nitrogens is 1. The van der Waals surface area contributed by atoms with Crippen molar-refractivity contribution in [2.45, 2.75) is 38.5 Å². The van der Waals surface area contributed by atoms with Gasteiger partial charge in [-0.15, -0.1) is 0 Å². The van der Waals surface area contributed by atoms with Gasteiger partial charge in [0.15, 0.2) is 0 Å². The zero-order chi connectivity index (χ0) is 24.2. The molecule has 2 atom stereocenters. The van der Waals surface area contributed by atoms with Crippen molar-refractivity contribution in [3.8, 4) is 17.2 Å². The SMILES string of the molecule is CC(C)C[C@H](N[C@@H](c1ccc(-c2ccc3[nH]c(=O)sc3c2)cc1)C(F)(F)F)C(=O)NCC#N. The van der Waals surface area contributed by atoms with E-state index in [2.05, 4.69) is 15.6 Å². The minimum atomic E-state index is -4.64. The molecular weight excluding hydrogens is 453 g/mol. The molecule has 0 unspecified atom stereocenters. The summed E-state index contributed by atoms with van der Waals surface area (Å²) in [5, 5.41) is 13.5. The van der Waals surface area contributed by atoms with Gasteiger partial charge in [-0.05, 0) is 41.2 Å². The number of carbonyl (C=O) groups excluding carboxylic acids is 1. The lowest BCUT2D eigenvalue weighted by Crippen LogP contribution is -2.49. The molecule has 3 rings (SSSR count). The number of aromatic nitrogens is 1. The molecule has 1 aromatic heterocycles. The molecule has 33 heavy (non-hydrogen) atoms. The highest BCUT2D eigenvalue weighted by Gasteiger charge is 2.42. The van der Waals surface area contributed by atoms with Gasteiger partial charge in [0.05, 0.1) is 22.3 Å². The van der Waals surface area contributed by atoms with Gasteiger partial charge in [-0.25, -0.2) is 0 Å². The average Bonchev–Trinajstić information content (AvgIpc) is 3.13. The number of carbonyl (C=O) groups is 1. The number of fused-ring (bicyclic) bond motifs is 1. The number of nitrogens with zero attached hydrogens (tertiary/aromatic N) is 1. The lowest BCUT2D eigenvalue weighted by Gasteiger charge is -2.28. The molecular formula is C23H23F3N4O2S. The third-order valence-corrected chi connectivity index (χ3v) is 5.90. The fourth-order valence-corrected chi connectivity index (χ4v) is 4.32. The molecule has 0 bridgehead atoms. The summed E-state index contributed by atoms with van der Waals surface area (Å²) in [6.45, 7) is 3.34. The maximum Gasteiger partial charge on any atom is 0.407 e. The molecule has 0 radical (unpaired) electrons. The molecule has 174 valence electrons. The van der Waals surface area contributed by atoms with Gasteiger partial charge < -0.3 is 10.3 Å². The predicted octanol–water partition coefficient (Wildman–Crippen LogP) is 4.50. The Labute approximate surface area is 192 Å². The second kappa shape index (κ2) is 10.2. The molecule has 6 nitrogen and oxygen atoms in total. The summed E-state index contributed by atoms with van der Waals surface area (Å²) in [7, 11) is 0. The topological polar surface area (TPSA) is 97.8 Å². The van der Waals surface area contributed by atoms with Gasteiger partial charge in [-0.3, -0.25) is 14.9 Å². The van der Waals surface area contributed by atoms with Gasteiger partial charge in [0.1, 0.15) is 12.6 Å². The normalized spacial score (nSPS) is 13.6. The molecule has 0 aliphatic rings. The maximum absolute atomic E-state index is 13.9. The number of nitrogens with one attached hydrogen (secondary N) is 3. The molecule has 3 aromatic rings. The van der Waals surface area contributed by atoms with Gasteiger partial charge in [-0.1, -0.05) is 55.5 Å². The Balaban J connectivity index is 1.87. The van der Waals surface area contributed by atoms with Crippen LogP contribution in [0.5, 0.6) is 0 Å². The monoisotopic (exact) mass is 476 g/mol. The minimum absolute atomic E-state index is 0.0273. The van der Waals surface area contributed by atoms with E-state index in [0.29, 0.717) is 11.1 Å². The third kappa shape index (κ3) is 6.21. The number of hydrogen-bond donors (Lipinski definition) is 3. The summed E-state index contributed by atoms with van der Waals surface area (Å²) in [4.78, 5) is 26.4. The highest BCUT2D eigenvalue weighted by atomic mass is 32.1. The first-order valence-corrected chi connectivity index (χ1v) is 11.1. The van der Waals surface area contributed by atoms with Crippen molar-refractivity contribution in [1.29, 1.82) is 5.26 Å². The van der Waals surface area contributed by atoms with Gasteiger partial charge in [0, 0.05) is 0 Å². The van der Waals surface area contributed by atoms with Gasteiger partial charge in [-0.2, -0.15) is 18.4 Å². The first-order valence-electron chi connectivity index (χ1n) is 10.3. The highest BCUT2D eigenvalue weighted by Crippen LogP contribution is 2.35. The lowest BCUT2D eigenvalue weighted by atomic mass is 9.97. The number of aromatic amines is 1. The Morgan fingerprint density at radius 2 is 1.82 bits per heavy atom. The smallest absolute Gasteiger partial charge is 0.342 e. The molecule has 2 aromatic carbocycles. The van der Waals surface area contributed by atoms with Crippen molar-refractivity contribution < 1.29 is 18.0 Å². The Hall–Kier alpha value is -3.16. The molecule has 0 aliphatic heterocycles. The van der Waals surface area contributed by atoms with Gasteiger partial charge in [0.25, 0.3) is 0 Å². The van der Waals surface area contributed by atoms with Crippen LogP contribution in [0.3, 0.4) is 0 Å². The van der Waals surface area contributed by atoms with E-state index in [1.165, 1.54) is 12.1 Å². The number of halogens is 3. The van der Waals surface area contributed by atoms with Crippen LogP contribution in [-0.2, 0) is 4.79 Å². The second-order valence-corrected chi connectivity index (χ2v) is 9.06. The highest BCUT2D eigenvalue weighted by molar-refractivity contribution is 7.16. The number of rotatable bonds is 8. The van der Waals surface area contributed by atoms with Crippen LogP contribution < -0.4 is 15.5 Å². The number of alkyl halides is 3. The van der Waals surface area contributed by atoms with Crippen LogP contribution in [0.15, 0.2) is 47.3 Å². The number of thiazole rings is 1. The average molecular weight is 477 g/mol. The van der Waals surface area contributed by atoms with Gasteiger partial charge in [0.2, 0.25) is 5.91 Å². The standard InChI is InChI=1S/C23H23F3N4O2S/c1-13(2)11-18(21(31)28-10-9-27)29-20(23(24,25)26)15-5-3-14(4-6-15)16-7-8-17-19(12-16)33-22(32)30-17/h3-8,12-13,18,20,29H,10-11H2,1-2H3,(H,28,31)(H,30,32)/t18-,20-/m0/s1. The molecule has 0 spiro atoms. The Morgan fingerprint density at radius 1 is 1.15 bits per heavy atom. The maximum atomic E-state index is 13.9. The summed E-state index contributed by atoms with van der Waals surface area (Å²) in [6, 6.07) is 9.87. The molecule has 0 aliphatic carbocycles. The quantitative estimate of drug-likeness (QED) is 0.417. The van der Waals surface area contributed by atoms with Crippen molar-refractivity contribution in [3.63, 3.8) is 0 Å². The van der Waals surface area contributed by atoms with Crippen LogP contribution in [0.4, 0.5) is 13.2 Å². The predicted molar refractivity (Wildman–Crippen MR) is 122 cm³/mol. The Morgan fingerprint density at radius 3 is 2.42 bits per heavy atom. The summed E-state index contributed by atoms with van der Waals surface area (Å²) in [5.41, 5.74) is 2.15. The van der Waals surface area contributed by atoms with Crippen molar-refractivity contribution in [3.05, 3.63) is 57.7 Å². The fourth-order valence-electron chi connectivity index (χ4n) is 3.55. The lowest BCUT2D eigenvalue weighted by molar-refractivity contribution is -0.161. The van der Waals surface area contributed by atoms with E-state index in [1.54, 1.807) is 30.3 Å². The Bertz CT molecular complexity index is 1210. The Kier molecular flexibility index (Phi) is 7.56. The van der Waals surface area contributed by atoms with Crippen LogP contribution in [0, 0.1) is 17.2 Å². The molecule has 0 saturated carbocycles. The van der Waals surface area contributed by atoms with Crippen molar-refractivity contribution in [2.75, 3.05) is 6.54 Å². The number of hydrogen-bond acceptors (Lipinski definition) is 5. The summed E-state index contributed by atoms with van der Waals surface area (Å²) in [6.07, 6.45) is -4.45. The molecule has 0 saturated heterocycles. The van der Waals surface area contributed by atoms with Crippen LogP contribution in [0.25, 0.3) is 21.3 Å². The van der Waals surface area contributed by atoms with Gasteiger partial charge >= 0.3 is 11.0 Å². The second-order valence-electron chi connectivity index (χ2n) is 8.05.